The number of nitrogens with two attached hydrogens (primary N) is 1. The fraction of sp³-hybridized carbons (Fsp3) is 0.286. The molecular weight excluding hydrogens is 258 g/mol. The van der Waals surface area contributed by atoms with Crippen molar-refractivity contribution in [2.75, 3.05) is 12.3 Å². The average molecular weight is 275 g/mol. The lowest BCUT2D eigenvalue weighted by Crippen LogP contribution is -2.05. The van der Waals surface area contributed by atoms with E-state index in [-0.39, 0.29) is 11.4 Å². The number of aromatic carboxylic acids is 1. The van der Waals surface area contributed by atoms with Gasteiger partial charge in [-0.15, -0.1) is 0 Å². The summed E-state index contributed by atoms with van der Waals surface area (Å²) in [5, 5.41) is 12.9. The summed E-state index contributed by atoms with van der Waals surface area (Å²) in [5.41, 5.74) is 6.45. The Bertz CT molecular complexity index is 590. The fourth-order valence-corrected chi connectivity index (χ4v) is 1.75. The molecule has 0 unspecified atom stereocenters. The van der Waals surface area contributed by atoms with E-state index in [0.29, 0.717) is 12.3 Å². The Morgan fingerprint density at radius 2 is 2.10 bits per heavy atom. The van der Waals surface area contributed by atoms with Gasteiger partial charge in [0.2, 0.25) is 0 Å². The maximum absolute atomic E-state index is 10.9. The van der Waals surface area contributed by atoms with Gasteiger partial charge in [-0.2, -0.15) is 5.10 Å². The van der Waals surface area contributed by atoms with Crippen molar-refractivity contribution < 1.29 is 14.6 Å². The SMILES string of the molecule is CCCCOc1ccc(-n2ncc(C(=O)O)c2N)cc1. The summed E-state index contributed by atoms with van der Waals surface area (Å²) in [6.45, 7) is 2.79. The lowest BCUT2D eigenvalue weighted by Gasteiger charge is -2.07. The van der Waals surface area contributed by atoms with Gasteiger partial charge in [0.05, 0.1) is 18.5 Å². The van der Waals surface area contributed by atoms with Crippen LogP contribution in [0.3, 0.4) is 0 Å². The van der Waals surface area contributed by atoms with Gasteiger partial charge in [0.1, 0.15) is 17.1 Å². The van der Waals surface area contributed by atoms with Crippen LogP contribution in [0, 0.1) is 0 Å². The topological polar surface area (TPSA) is 90.4 Å². The minimum absolute atomic E-state index is 0.00623. The molecule has 0 saturated heterocycles. The van der Waals surface area contributed by atoms with E-state index in [1.807, 2.05) is 12.1 Å². The number of benzene rings is 1. The highest BCUT2D eigenvalue weighted by Gasteiger charge is 2.14. The zero-order valence-electron chi connectivity index (χ0n) is 11.2. The van der Waals surface area contributed by atoms with Crippen LogP contribution in [0.15, 0.2) is 30.5 Å². The first kappa shape index (κ1) is 13.9. The Morgan fingerprint density at radius 1 is 1.40 bits per heavy atom. The van der Waals surface area contributed by atoms with E-state index in [2.05, 4.69) is 12.0 Å². The number of nitrogens with zero attached hydrogens (tertiary/aromatic N) is 2. The fourth-order valence-electron chi connectivity index (χ4n) is 1.75. The molecule has 0 fully saturated rings. The van der Waals surface area contributed by atoms with E-state index < -0.39 is 5.97 Å². The second-order valence-corrected chi connectivity index (χ2v) is 4.36. The second kappa shape index (κ2) is 6.10. The second-order valence-electron chi connectivity index (χ2n) is 4.36. The molecule has 0 radical (unpaired) electrons. The Kier molecular flexibility index (Phi) is 4.24. The van der Waals surface area contributed by atoms with Crippen molar-refractivity contribution in [3.8, 4) is 11.4 Å². The highest BCUT2D eigenvalue weighted by Crippen LogP contribution is 2.20. The molecule has 0 amide bonds. The summed E-state index contributed by atoms with van der Waals surface area (Å²) >= 11 is 0. The first-order chi connectivity index (χ1) is 9.63. The van der Waals surface area contributed by atoms with E-state index in [0.717, 1.165) is 18.6 Å². The van der Waals surface area contributed by atoms with Crippen LogP contribution in [0.2, 0.25) is 0 Å². The van der Waals surface area contributed by atoms with Crippen molar-refractivity contribution >= 4 is 11.8 Å². The van der Waals surface area contributed by atoms with E-state index in [1.165, 1.54) is 10.9 Å². The molecule has 0 atom stereocenters. The molecule has 1 aromatic heterocycles. The van der Waals surface area contributed by atoms with Crippen LogP contribution in [-0.2, 0) is 0 Å². The van der Waals surface area contributed by atoms with Crippen LogP contribution in [0.1, 0.15) is 30.1 Å². The van der Waals surface area contributed by atoms with Crippen molar-refractivity contribution in [1.82, 2.24) is 9.78 Å². The van der Waals surface area contributed by atoms with E-state index in [4.69, 9.17) is 15.6 Å². The minimum Gasteiger partial charge on any atom is -0.494 e. The van der Waals surface area contributed by atoms with Gasteiger partial charge in [0.15, 0.2) is 0 Å². The van der Waals surface area contributed by atoms with Gasteiger partial charge in [-0.25, -0.2) is 9.48 Å². The van der Waals surface area contributed by atoms with Crippen LogP contribution in [0.25, 0.3) is 5.69 Å². The third-order valence-corrected chi connectivity index (χ3v) is 2.88. The van der Waals surface area contributed by atoms with Crippen LogP contribution in [0.4, 0.5) is 5.82 Å². The van der Waals surface area contributed by atoms with Gasteiger partial charge in [0.25, 0.3) is 0 Å². The molecule has 0 bridgehead atoms. The number of carbonyl (C=O) groups is 1. The number of hydrogen-bond donors (Lipinski definition) is 2. The highest BCUT2D eigenvalue weighted by atomic mass is 16.5. The number of nitrogen functional groups attached to an aromatic ring is 1. The summed E-state index contributed by atoms with van der Waals surface area (Å²) in [5.74, 6) is -0.211. The first-order valence-electron chi connectivity index (χ1n) is 6.43. The van der Waals surface area contributed by atoms with Crippen LogP contribution in [-0.4, -0.2) is 27.5 Å². The van der Waals surface area contributed by atoms with Crippen LogP contribution < -0.4 is 10.5 Å². The van der Waals surface area contributed by atoms with Crippen molar-refractivity contribution in [2.24, 2.45) is 0 Å². The van der Waals surface area contributed by atoms with Gasteiger partial charge in [-0.05, 0) is 30.7 Å². The number of aromatic nitrogens is 2. The van der Waals surface area contributed by atoms with Gasteiger partial charge in [-0.3, -0.25) is 0 Å². The van der Waals surface area contributed by atoms with Crippen molar-refractivity contribution in [1.29, 1.82) is 0 Å². The molecule has 106 valence electrons. The number of ether oxygens (including phenoxy) is 1. The molecule has 0 aliphatic carbocycles. The highest BCUT2D eigenvalue weighted by molar-refractivity contribution is 5.92. The van der Waals surface area contributed by atoms with Crippen molar-refractivity contribution in [3.05, 3.63) is 36.0 Å². The number of carboxylic acids is 1. The standard InChI is InChI=1S/C14H17N3O3/c1-2-3-8-20-11-6-4-10(5-7-11)17-13(15)12(9-16-17)14(18)19/h4-7,9H,2-3,8,15H2,1H3,(H,18,19). The molecule has 0 aliphatic rings. The predicted octanol–water partition coefficient (Wildman–Crippen LogP) is 2.33. The van der Waals surface area contributed by atoms with Gasteiger partial charge in [0, 0.05) is 0 Å². The Labute approximate surface area is 116 Å². The number of unbranched alkanes of at least 4 members (excludes halogenated alkanes) is 1. The summed E-state index contributed by atoms with van der Waals surface area (Å²) in [6.07, 6.45) is 3.33. The van der Waals surface area contributed by atoms with E-state index in [1.54, 1.807) is 12.1 Å². The molecule has 6 nitrogen and oxygen atoms in total. The molecule has 0 aliphatic heterocycles. The quantitative estimate of drug-likeness (QED) is 0.790. The summed E-state index contributed by atoms with van der Waals surface area (Å²) in [7, 11) is 0. The molecule has 0 saturated carbocycles. The molecule has 2 aromatic rings. The maximum Gasteiger partial charge on any atom is 0.341 e. The lowest BCUT2D eigenvalue weighted by atomic mass is 10.3. The number of hydrogen-bond acceptors (Lipinski definition) is 4. The number of carboxylic acid groups (broad SMARTS) is 1. The zero-order valence-corrected chi connectivity index (χ0v) is 11.2. The minimum atomic E-state index is -1.09. The average Bonchev–Trinajstić information content (AvgIpc) is 2.82. The van der Waals surface area contributed by atoms with Crippen molar-refractivity contribution in [3.63, 3.8) is 0 Å². The molecule has 6 heteroatoms. The first-order valence-corrected chi connectivity index (χ1v) is 6.43. The van der Waals surface area contributed by atoms with Gasteiger partial charge < -0.3 is 15.6 Å². The van der Waals surface area contributed by atoms with Crippen molar-refractivity contribution in [2.45, 2.75) is 19.8 Å². The molecular formula is C14H17N3O3. The largest absolute Gasteiger partial charge is 0.494 e. The van der Waals surface area contributed by atoms with Crippen LogP contribution in [0.5, 0.6) is 5.75 Å². The zero-order chi connectivity index (χ0) is 14.5. The molecule has 1 aromatic carbocycles. The Hall–Kier alpha value is -2.50. The Balaban J connectivity index is 2.16. The third kappa shape index (κ3) is 2.90. The normalized spacial score (nSPS) is 10.4. The summed E-state index contributed by atoms with van der Waals surface area (Å²) < 4.78 is 6.94. The molecule has 1 heterocycles. The van der Waals surface area contributed by atoms with E-state index in [9.17, 15) is 4.79 Å². The lowest BCUT2D eigenvalue weighted by molar-refractivity contribution is 0.0698. The Morgan fingerprint density at radius 3 is 2.65 bits per heavy atom. The predicted molar refractivity (Wildman–Crippen MR) is 75.3 cm³/mol. The number of anilines is 1. The monoisotopic (exact) mass is 275 g/mol. The maximum atomic E-state index is 10.9. The summed E-state index contributed by atoms with van der Waals surface area (Å²) in [6, 6.07) is 7.20. The molecule has 2 rings (SSSR count). The van der Waals surface area contributed by atoms with Gasteiger partial charge in [-0.1, -0.05) is 13.3 Å². The molecule has 20 heavy (non-hydrogen) atoms. The third-order valence-electron chi connectivity index (χ3n) is 2.88. The van der Waals surface area contributed by atoms with Gasteiger partial charge >= 0.3 is 5.97 Å². The molecule has 3 N–H and O–H groups in total. The smallest absolute Gasteiger partial charge is 0.341 e. The molecule has 0 spiro atoms. The van der Waals surface area contributed by atoms with E-state index >= 15 is 0 Å². The van der Waals surface area contributed by atoms with Crippen LogP contribution >= 0.6 is 0 Å². The summed E-state index contributed by atoms with van der Waals surface area (Å²) in [4.78, 5) is 10.9. The number of rotatable bonds is 6.